The molecule has 2 rings (SSSR count). The summed E-state index contributed by atoms with van der Waals surface area (Å²) < 4.78 is 0. The smallest absolute Gasteiger partial charge is 0.224 e. The normalized spacial score (nSPS) is 11.8. The topological polar surface area (TPSA) is 37.4 Å². The minimum atomic E-state index is -0.523. The van der Waals surface area contributed by atoms with Crippen LogP contribution < -0.4 is 4.90 Å². The molecule has 1 amide bonds. The van der Waals surface area contributed by atoms with Gasteiger partial charge in [-0.15, -0.1) is 0 Å². The van der Waals surface area contributed by atoms with Crippen molar-refractivity contribution in [2.75, 3.05) is 4.90 Å². The third-order valence-corrected chi connectivity index (χ3v) is 4.39. The summed E-state index contributed by atoms with van der Waals surface area (Å²) in [6.45, 7) is 5.23. The van der Waals surface area contributed by atoms with Crippen molar-refractivity contribution in [1.82, 2.24) is 0 Å². The molecule has 0 heterocycles. The molecule has 0 fully saturated rings. The Kier molecular flexibility index (Phi) is 5.39. The Morgan fingerprint density at radius 3 is 2.14 bits per heavy atom. The van der Waals surface area contributed by atoms with Crippen LogP contribution in [-0.2, 0) is 9.59 Å². The van der Waals surface area contributed by atoms with E-state index in [1.807, 2.05) is 61.5 Å². The molecule has 0 spiro atoms. The van der Waals surface area contributed by atoms with Gasteiger partial charge in [0.15, 0.2) is 0 Å². The lowest BCUT2D eigenvalue weighted by molar-refractivity contribution is -0.120. The number of aryl methyl sites for hydroxylation is 1. The molecule has 4 heteroatoms. The lowest BCUT2D eigenvalue weighted by Crippen LogP contribution is -2.41. The van der Waals surface area contributed by atoms with Crippen molar-refractivity contribution in [1.29, 1.82) is 0 Å². The summed E-state index contributed by atoms with van der Waals surface area (Å²) in [5.41, 5.74) is 1.86. The van der Waals surface area contributed by atoms with E-state index in [4.69, 9.17) is 0 Å². The zero-order valence-corrected chi connectivity index (χ0v) is 13.8. The highest BCUT2D eigenvalue weighted by Crippen LogP contribution is 2.25. The van der Waals surface area contributed by atoms with Crippen molar-refractivity contribution in [3.8, 4) is 0 Å². The first kappa shape index (κ1) is 16.3. The molecular weight excluding hydrogens is 294 g/mol. The largest absolute Gasteiger partial charge is 0.302 e. The Morgan fingerprint density at radius 1 is 1.00 bits per heavy atom. The van der Waals surface area contributed by atoms with E-state index in [0.717, 1.165) is 27.9 Å². The number of hydrogen-bond donors (Lipinski definition) is 0. The van der Waals surface area contributed by atoms with Gasteiger partial charge in [-0.2, -0.15) is 0 Å². The maximum atomic E-state index is 12.5. The Balaban J connectivity index is 2.19. The summed E-state index contributed by atoms with van der Waals surface area (Å²) in [7, 11) is 0. The Bertz CT molecular complexity index is 653. The van der Waals surface area contributed by atoms with Crippen molar-refractivity contribution in [2.24, 2.45) is 0 Å². The molecule has 22 heavy (non-hydrogen) atoms. The summed E-state index contributed by atoms with van der Waals surface area (Å²) >= 11 is 1.16. The van der Waals surface area contributed by atoms with Gasteiger partial charge in [0, 0.05) is 17.5 Å². The maximum Gasteiger partial charge on any atom is 0.224 e. The van der Waals surface area contributed by atoms with Gasteiger partial charge in [0.25, 0.3) is 0 Å². The van der Waals surface area contributed by atoms with Gasteiger partial charge in [0.05, 0.1) is 0 Å². The third-order valence-electron chi connectivity index (χ3n) is 3.34. The Morgan fingerprint density at radius 2 is 1.59 bits per heavy atom. The van der Waals surface area contributed by atoms with E-state index in [2.05, 4.69) is 0 Å². The lowest BCUT2D eigenvalue weighted by atomic mass is 10.2. The van der Waals surface area contributed by atoms with Gasteiger partial charge in [-0.1, -0.05) is 35.9 Å². The first-order valence-corrected chi connectivity index (χ1v) is 7.94. The molecule has 0 saturated heterocycles. The number of rotatable bonds is 4. The van der Waals surface area contributed by atoms with Crippen LogP contribution in [0.5, 0.6) is 0 Å². The van der Waals surface area contributed by atoms with Crippen LogP contribution in [0.4, 0.5) is 5.69 Å². The summed E-state index contributed by atoms with van der Waals surface area (Å²) in [6.07, 6.45) is 0. The van der Waals surface area contributed by atoms with E-state index < -0.39 is 6.04 Å². The van der Waals surface area contributed by atoms with Gasteiger partial charge in [0.1, 0.15) is 6.04 Å². The molecule has 1 unspecified atom stereocenters. The van der Waals surface area contributed by atoms with Gasteiger partial charge in [-0.3, -0.25) is 9.59 Å². The molecule has 2 aromatic carbocycles. The van der Waals surface area contributed by atoms with Crippen LogP contribution in [0.1, 0.15) is 19.4 Å². The van der Waals surface area contributed by atoms with E-state index in [1.165, 1.54) is 11.8 Å². The number of amides is 1. The highest BCUT2D eigenvalue weighted by molar-refractivity contribution is 8.13. The monoisotopic (exact) mass is 313 g/mol. The third kappa shape index (κ3) is 3.98. The molecule has 0 aliphatic carbocycles. The van der Waals surface area contributed by atoms with E-state index in [0.29, 0.717) is 0 Å². The molecule has 0 aliphatic heterocycles. The first-order valence-electron chi connectivity index (χ1n) is 7.12. The summed E-state index contributed by atoms with van der Waals surface area (Å²) in [5, 5.41) is -0.0537. The SMILES string of the molecule is CC(=O)N(c1ccc(C)cc1)C(C)C(=O)Sc1ccccc1. The lowest BCUT2D eigenvalue weighted by Gasteiger charge is -2.27. The minimum absolute atomic E-state index is 0.0537. The minimum Gasteiger partial charge on any atom is -0.302 e. The Hall–Kier alpha value is -2.07. The molecule has 0 aliphatic rings. The summed E-state index contributed by atoms with van der Waals surface area (Å²) in [5.74, 6) is -0.140. The van der Waals surface area contributed by atoms with Gasteiger partial charge in [-0.05, 0) is 49.9 Å². The average molecular weight is 313 g/mol. The number of hydrogen-bond acceptors (Lipinski definition) is 3. The fraction of sp³-hybridized carbons (Fsp3) is 0.222. The molecule has 0 radical (unpaired) electrons. The van der Waals surface area contributed by atoms with Gasteiger partial charge in [0.2, 0.25) is 11.0 Å². The van der Waals surface area contributed by atoms with Gasteiger partial charge < -0.3 is 4.90 Å². The summed E-state index contributed by atoms with van der Waals surface area (Å²) in [6, 6.07) is 16.6. The zero-order valence-electron chi connectivity index (χ0n) is 12.9. The second-order valence-electron chi connectivity index (χ2n) is 5.13. The molecule has 0 bridgehead atoms. The van der Waals surface area contributed by atoms with Gasteiger partial charge >= 0.3 is 0 Å². The number of nitrogens with zero attached hydrogens (tertiary/aromatic N) is 1. The zero-order chi connectivity index (χ0) is 16.1. The quantitative estimate of drug-likeness (QED) is 0.799. The van der Waals surface area contributed by atoms with E-state index in [1.54, 1.807) is 6.92 Å². The molecule has 0 saturated carbocycles. The van der Waals surface area contributed by atoms with Crippen LogP contribution in [0.3, 0.4) is 0 Å². The Labute approximate surface area is 135 Å². The number of anilines is 1. The van der Waals surface area contributed by atoms with Crippen molar-refractivity contribution < 1.29 is 9.59 Å². The van der Waals surface area contributed by atoms with Crippen LogP contribution in [0.25, 0.3) is 0 Å². The maximum absolute atomic E-state index is 12.5. The highest BCUT2D eigenvalue weighted by Gasteiger charge is 2.25. The van der Waals surface area contributed by atoms with Gasteiger partial charge in [-0.25, -0.2) is 0 Å². The molecule has 2 aromatic rings. The van der Waals surface area contributed by atoms with E-state index >= 15 is 0 Å². The van der Waals surface area contributed by atoms with Crippen LogP contribution >= 0.6 is 11.8 Å². The number of thioether (sulfide) groups is 1. The number of benzene rings is 2. The van der Waals surface area contributed by atoms with Crippen LogP contribution in [0.15, 0.2) is 59.5 Å². The average Bonchev–Trinajstić information content (AvgIpc) is 2.50. The van der Waals surface area contributed by atoms with Crippen molar-refractivity contribution in [3.63, 3.8) is 0 Å². The molecule has 114 valence electrons. The second-order valence-corrected chi connectivity index (χ2v) is 6.21. The standard InChI is InChI=1S/C18H19NO2S/c1-13-9-11-16(12-10-13)19(15(3)20)14(2)18(21)22-17-7-5-4-6-8-17/h4-12,14H,1-3H3. The summed E-state index contributed by atoms with van der Waals surface area (Å²) in [4.78, 5) is 26.9. The number of carbonyl (C=O) groups is 2. The molecule has 3 nitrogen and oxygen atoms in total. The molecule has 1 atom stereocenters. The molecule has 0 aromatic heterocycles. The first-order chi connectivity index (χ1) is 10.5. The van der Waals surface area contributed by atoms with Crippen molar-refractivity contribution in [3.05, 3.63) is 60.2 Å². The fourth-order valence-corrected chi connectivity index (χ4v) is 2.98. The fourth-order valence-electron chi connectivity index (χ4n) is 2.18. The van der Waals surface area contributed by atoms with Crippen molar-refractivity contribution in [2.45, 2.75) is 31.7 Å². The van der Waals surface area contributed by atoms with E-state index in [-0.39, 0.29) is 11.0 Å². The molecular formula is C18H19NO2S. The highest BCUT2D eigenvalue weighted by atomic mass is 32.2. The molecule has 0 N–H and O–H groups in total. The second kappa shape index (κ2) is 7.27. The predicted molar refractivity (Wildman–Crippen MR) is 91.1 cm³/mol. The van der Waals surface area contributed by atoms with Crippen LogP contribution in [0, 0.1) is 6.92 Å². The van der Waals surface area contributed by atoms with Crippen molar-refractivity contribution >= 4 is 28.5 Å². The van der Waals surface area contributed by atoms with E-state index in [9.17, 15) is 9.59 Å². The van der Waals surface area contributed by atoms with Crippen LogP contribution in [0.2, 0.25) is 0 Å². The van der Waals surface area contributed by atoms with Crippen LogP contribution in [-0.4, -0.2) is 17.1 Å². The number of carbonyl (C=O) groups excluding carboxylic acids is 2. The predicted octanol–water partition coefficient (Wildman–Crippen LogP) is 4.06.